The van der Waals surface area contributed by atoms with Crippen molar-refractivity contribution in [3.8, 4) is 5.69 Å². The van der Waals surface area contributed by atoms with Gasteiger partial charge in [0.1, 0.15) is 5.69 Å². The number of fused-ring (bicyclic) bond motifs is 3. The van der Waals surface area contributed by atoms with Crippen molar-refractivity contribution < 1.29 is 21.6 Å². The van der Waals surface area contributed by atoms with Crippen LogP contribution in [-0.4, -0.2) is 0 Å². The van der Waals surface area contributed by atoms with Crippen LogP contribution in [0.2, 0.25) is 0 Å². The van der Waals surface area contributed by atoms with Crippen LogP contribution in [0.1, 0.15) is 86.6 Å². The maximum absolute atomic E-state index is 4.74. The quantitative estimate of drug-likeness (QED) is 0.126. The molecule has 0 saturated heterocycles. The van der Waals surface area contributed by atoms with Crippen LogP contribution >= 0.6 is 11.3 Å². The number of benzene rings is 3. The Morgan fingerprint density at radius 1 is 0.694 bits per heavy atom. The zero-order valence-corrected chi connectivity index (χ0v) is 24.4. The predicted molar refractivity (Wildman–Crippen MR) is 151 cm³/mol. The van der Waals surface area contributed by atoms with E-state index in [9.17, 15) is 0 Å². The molecule has 1 radical (unpaired) electrons. The standard InChI is InChI=1S/C17H23NS.C15H14N.Cu/c1-11(2)15-8-7-9-16(12(3)4)17(15)18-10-19-14(6)13(18)5;1-10(2)11-7-5-8-13-12-6-3-4-9-14(12)16-15(11)13;/h7-9,11-12H,1-6H3;3-10H,1-2H3;/q;-1;+2. The van der Waals surface area contributed by atoms with Crippen molar-refractivity contribution in [3.05, 3.63) is 93.4 Å². The molecule has 0 aliphatic heterocycles. The molecule has 4 heteroatoms. The van der Waals surface area contributed by atoms with Crippen molar-refractivity contribution in [3.63, 3.8) is 0 Å². The first-order valence-corrected chi connectivity index (χ1v) is 13.5. The summed E-state index contributed by atoms with van der Waals surface area (Å²) in [4.78, 5) is 6.08. The van der Waals surface area contributed by atoms with Gasteiger partial charge in [0.2, 0.25) is 5.51 Å². The second-order valence-corrected chi connectivity index (χ2v) is 11.3. The second-order valence-electron chi connectivity index (χ2n) is 10.3. The van der Waals surface area contributed by atoms with Crippen LogP contribution in [0.3, 0.4) is 0 Å². The minimum absolute atomic E-state index is 0. The second kappa shape index (κ2) is 11.8. The van der Waals surface area contributed by atoms with Gasteiger partial charge in [-0.25, -0.2) is 0 Å². The molecule has 0 fully saturated rings. The summed E-state index contributed by atoms with van der Waals surface area (Å²) in [5.74, 6) is 1.57. The van der Waals surface area contributed by atoms with E-state index in [2.05, 4.69) is 120 Å². The van der Waals surface area contributed by atoms with E-state index in [-0.39, 0.29) is 17.1 Å². The average Bonchev–Trinajstić information content (AvgIpc) is 3.38. The van der Waals surface area contributed by atoms with Gasteiger partial charge in [0, 0.05) is 0 Å². The van der Waals surface area contributed by atoms with Crippen LogP contribution in [0.25, 0.3) is 27.5 Å². The number of thiazole rings is 1. The van der Waals surface area contributed by atoms with Crippen molar-refractivity contribution in [2.75, 3.05) is 0 Å². The average molecular weight is 545 g/mol. The summed E-state index contributed by atoms with van der Waals surface area (Å²) in [6, 6.07) is 21.5. The molecule has 5 aromatic rings. The van der Waals surface area contributed by atoms with Gasteiger partial charge in [0.05, 0.1) is 5.69 Å². The molecular weight excluding hydrogens is 508 g/mol. The summed E-state index contributed by atoms with van der Waals surface area (Å²) in [7, 11) is 0. The largest absolute Gasteiger partial charge is 2.00 e. The summed E-state index contributed by atoms with van der Waals surface area (Å²) in [6.07, 6.45) is 0. The van der Waals surface area contributed by atoms with Crippen LogP contribution in [0, 0.1) is 19.4 Å². The molecule has 5 rings (SSSR count). The molecule has 2 aromatic heterocycles. The summed E-state index contributed by atoms with van der Waals surface area (Å²) >= 11 is 1.70. The first-order chi connectivity index (χ1) is 16.7. The predicted octanol–water partition coefficient (Wildman–Crippen LogP) is 8.76. The molecule has 0 aliphatic rings. The fourth-order valence-electron chi connectivity index (χ4n) is 4.69. The van der Waals surface area contributed by atoms with Crippen LogP contribution in [0.4, 0.5) is 0 Å². The SMILES string of the molecule is CC(C)c1cccc2c1[n-]c1ccccc12.Cc1s[c-][n+](-c2c(C(C)C)cccc2C(C)C)c1C.[Cu+2]. The first-order valence-electron chi connectivity index (χ1n) is 12.7. The van der Waals surface area contributed by atoms with Gasteiger partial charge in [-0.1, -0.05) is 115 Å². The smallest absolute Gasteiger partial charge is 0.657 e. The summed E-state index contributed by atoms with van der Waals surface area (Å²) in [5.41, 5.74) is 12.5. The molecule has 0 saturated carbocycles. The van der Waals surface area contributed by atoms with E-state index in [0.29, 0.717) is 17.8 Å². The Bertz CT molecular complexity index is 1430. The van der Waals surface area contributed by atoms with Gasteiger partial charge in [-0.2, -0.15) is 11.3 Å². The van der Waals surface area contributed by atoms with Crippen molar-refractivity contribution in [1.82, 2.24) is 4.98 Å². The van der Waals surface area contributed by atoms with Gasteiger partial charge in [-0.3, -0.25) is 4.57 Å². The van der Waals surface area contributed by atoms with E-state index in [1.54, 1.807) is 11.3 Å². The number of aromatic nitrogens is 2. The van der Waals surface area contributed by atoms with Gasteiger partial charge in [-0.15, -0.1) is 11.0 Å². The number of hydrogen-bond donors (Lipinski definition) is 0. The van der Waals surface area contributed by atoms with E-state index < -0.39 is 0 Å². The molecule has 0 N–H and O–H groups in total. The zero-order valence-electron chi connectivity index (χ0n) is 22.6. The number of para-hydroxylation sites is 3. The van der Waals surface area contributed by atoms with Crippen LogP contribution < -0.4 is 9.55 Å². The Hall–Kier alpha value is -2.39. The minimum Gasteiger partial charge on any atom is -0.657 e. The molecule has 0 spiro atoms. The molecule has 36 heavy (non-hydrogen) atoms. The maximum Gasteiger partial charge on any atom is 2.00 e. The molecule has 0 amide bonds. The summed E-state index contributed by atoms with van der Waals surface area (Å²) in [6.45, 7) is 17.8. The van der Waals surface area contributed by atoms with Crippen molar-refractivity contribution >= 4 is 33.1 Å². The Morgan fingerprint density at radius 2 is 1.22 bits per heavy atom. The topological polar surface area (TPSA) is 18.0 Å². The Kier molecular flexibility index (Phi) is 9.22. The zero-order chi connectivity index (χ0) is 25.3. The van der Waals surface area contributed by atoms with Crippen molar-refractivity contribution in [2.24, 2.45) is 0 Å². The third kappa shape index (κ3) is 5.47. The van der Waals surface area contributed by atoms with Gasteiger partial charge in [0.25, 0.3) is 0 Å². The third-order valence-electron chi connectivity index (χ3n) is 6.82. The molecule has 0 unspecified atom stereocenters. The fourth-order valence-corrected chi connectivity index (χ4v) is 5.38. The fraction of sp³-hybridized carbons (Fsp3) is 0.344. The number of hydrogen-bond acceptors (Lipinski definition) is 1. The summed E-state index contributed by atoms with van der Waals surface area (Å²) in [5, 5.41) is 2.54. The van der Waals surface area contributed by atoms with Crippen molar-refractivity contribution in [2.45, 2.75) is 73.1 Å². The molecule has 2 heterocycles. The van der Waals surface area contributed by atoms with Gasteiger partial charge in [-0.05, 0) is 51.5 Å². The monoisotopic (exact) mass is 544 g/mol. The van der Waals surface area contributed by atoms with Gasteiger partial charge in [0.15, 0.2) is 0 Å². The molecule has 3 aromatic carbocycles. The van der Waals surface area contributed by atoms with E-state index >= 15 is 0 Å². The number of aryl methyl sites for hydroxylation is 1. The Labute approximate surface area is 231 Å². The van der Waals surface area contributed by atoms with E-state index in [1.807, 2.05) is 6.07 Å². The molecule has 0 atom stereocenters. The van der Waals surface area contributed by atoms with E-state index in [1.165, 1.54) is 49.2 Å². The Morgan fingerprint density at radius 3 is 1.78 bits per heavy atom. The van der Waals surface area contributed by atoms with Gasteiger partial charge >= 0.3 is 17.1 Å². The summed E-state index contributed by atoms with van der Waals surface area (Å²) < 4.78 is 2.25. The Balaban J connectivity index is 0.000000197. The van der Waals surface area contributed by atoms with Gasteiger partial charge < -0.3 is 4.98 Å². The minimum atomic E-state index is 0. The molecule has 0 aliphatic carbocycles. The van der Waals surface area contributed by atoms with E-state index in [0.717, 1.165) is 5.52 Å². The van der Waals surface area contributed by atoms with Crippen LogP contribution in [0.15, 0.2) is 60.7 Å². The van der Waals surface area contributed by atoms with Crippen molar-refractivity contribution in [1.29, 1.82) is 0 Å². The van der Waals surface area contributed by atoms with E-state index in [4.69, 9.17) is 4.98 Å². The third-order valence-corrected chi connectivity index (χ3v) is 7.69. The molecule has 191 valence electrons. The normalized spacial score (nSPS) is 11.3. The maximum atomic E-state index is 4.74. The number of rotatable bonds is 4. The number of nitrogens with zero attached hydrogens (tertiary/aromatic N) is 2. The molecule has 2 nitrogen and oxygen atoms in total. The molecule has 0 bridgehead atoms. The first kappa shape index (κ1) is 28.2. The van der Waals surface area contributed by atoms with Crippen LogP contribution in [-0.2, 0) is 17.1 Å². The molecular formula is C32H37CuN2S+. The van der Waals surface area contributed by atoms with Crippen LogP contribution in [0.5, 0.6) is 0 Å².